The maximum Gasteiger partial charge on any atom is 0.167 e. The maximum absolute atomic E-state index is 13.5. The van der Waals surface area contributed by atoms with Crippen molar-refractivity contribution in [3.63, 3.8) is 0 Å². The van der Waals surface area contributed by atoms with Gasteiger partial charge in [-0.1, -0.05) is 6.92 Å². The van der Waals surface area contributed by atoms with Gasteiger partial charge in [0.2, 0.25) is 0 Å². The summed E-state index contributed by atoms with van der Waals surface area (Å²) < 4.78 is 13.7. The van der Waals surface area contributed by atoms with E-state index in [9.17, 15) is 14.3 Å². The minimum absolute atomic E-state index is 0.142. The fraction of sp³-hybridized carbons (Fsp3) is 0.300. The Bertz CT molecular complexity index is 429. The van der Waals surface area contributed by atoms with Gasteiger partial charge in [0.25, 0.3) is 0 Å². The molecule has 0 unspecified atom stereocenters. The van der Waals surface area contributed by atoms with E-state index in [4.69, 9.17) is 0 Å². The first kappa shape index (κ1) is 9.65. The molecule has 14 heavy (non-hydrogen) atoms. The Kier molecular flexibility index (Phi) is 2.10. The smallest absolute Gasteiger partial charge is 0.167 e. The normalized spacial score (nSPS) is 19.9. The van der Waals surface area contributed by atoms with Crippen molar-refractivity contribution in [3.8, 4) is 5.75 Å². The summed E-state index contributed by atoms with van der Waals surface area (Å²) in [5.41, 5.74) is 0.486. The first-order valence-corrected chi connectivity index (χ1v) is 5.05. The Morgan fingerprint density at radius 3 is 2.93 bits per heavy atom. The summed E-state index contributed by atoms with van der Waals surface area (Å²) in [5.74, 6) is -0.902. The Morgan fingerprint density at radius 1 is 1.64 bits per heavy atom. The number of aromatic hydroxyl groups is 1. The van der Waals surface area contributed by atoms with Gasteiger partial charge in [0, 0.05) is 12.0 Å². The van der Waals surface area contributed by atoms with Crippen LogP contribution in [-0.4, -0.2) is 10.9 Å². The van der Waals surface area contributed by atoms with E-state index in [0.29, 0.717) is 5.56 Å². The topological polar surface area (TPSA) is 37.3 Å². The second kappa shape index (κ2) is 3.05. The lowest BCUT2D eigenvalue weighted by atomic mass is 10.0. The first-order valence-electron chi connectivity index (χ1n) is 4.26. The van der Waals surface area contributed by atoms with Gasteiger partial charge < -0.3 is 5.11 Å². The van der Waals surface area contributed by atoms with Crippen LogP contribution in [0.15, 0.2) is 10.5 Å². The zero-order valence-corrected chi connectivity index (χ0v) is 9.06. The molecule has 1 N–H and O–H groups in total. The summed E-state index contributed by atoms with van der Waals surface area (Å²) in [5, 5.41) is 9.60. The molecule has 0 saturated carbocycles. The third-order valence-electron chi connectivity index (χ3n) is 2.51. The van der Waals surface area contributed by atoms with Crippen molar-refractivity contribution in [3.05, 3.63) is 27.5 Å². The minimum Gasteiger partial charge on any atom is -0.506 e. The van der Waals surface area contributed by atoms with Crippen LogP contribution >= 0.6 is 15.9 Å². The van der Waals surface area contributed by atoms with E-state index in [-0.39, 0.29) is 33.9 Å². The fourth-order valence-corrected chi connectivity index (χ4v) is 2.27. The summed E-state index contributed by atoms with van der Waals surface area (Å²) in [6, 6.07) is 1.20. The lowest BCUT2D eigenvalue weighted by Crippen LogP contribution is -1.95. The number of fused-ring (bicyclic) bond motifs is 1. The SMILES string of the molecule is C[C@H]1CC(=O)c2c(O)c(Br)cc(F)c21. The van der Waals surface area contributed by atoms with Gasteiger partial charge in [-0.25, -0.2) is 4.39 Å². The first-order chi connectivity index (χ1) is 6.52. The average Bonchev–Trinajstić information content (AvgIpc) is 2.38. The van der Waals surface area contributed by atoms with Gasteiger partial charge in [0.15, 0.2) is 5.78 Å². The minimum atomic E-state index is -0.428. The summed E-state index contributed by atoms with van der Waals surface area (Å²) in [7, 11) is 0. The molecule has 1 aromatic carbocycles. The van der Waals surface area contributed by atoms with Crippen LogP contribution in [0.25, 0.3) is 0 Å². The fourth-order valence-electron chi connectivity index (χ4n) is 1.87. The molecule has 0 aliphatic heterocycles. The van der Waals surface area contributed by atoms with E-state index >= 15 is 0 Å². The second-order valence-electron chi connectivity index (χ2n) is 3.51. The number of Topliss-reactive ketones (excluding diaryl/α,β-unsaturated/α-hetero) is 1. The van der Waals surface area contributed by atoms with Crippen LogP contribution in [0, 0.1) is 5.82 Å². The largest absolute Gasteiger partial charge is 0.506 e. The number of rotatable bonds is 0. The standard InChI is InChI=1S/C10H8BrFO2/c1-4-2-7(13)9-8(4)6(12)3-5(11)10(9)14/h3-4,14H,2H2,1H3/t4-/m0/s1. The lowest BCUT2D eigenvalue weighted by molar-refractivity contribution is 0.0988. The lowest BCUT2D eigenvalue weighted by Gasteiger charge is -2.07. The van der Waals surface area contributed by atoms with Gasteiger partial charge in [-0.05, 0) is 27.9 Å². The van der Waals surface area contributed by atoms with E-state index in [0.717, 1.165) is 0 Å². The summed E-state index contributed by atoms with van der Waals surface area (Å²) in [6.07, 6.45) is 0.274. The third-order valence-corrected chi connectivity index (χ3v) is 3.11. The molecule has 0 spiro atoms. The highest BCUT2D eigenvalue weighted by molar-refractivity contribution is 9.10. The van der Waals surface area contributed by atoms with E-state index in [1.54, 1.807) is 6.92 Å². The van der Waals surface area contributed by atoms with Gasteiger partial charge in [0.05, 0.1) is 10.0 Å². The van der Waals surface area contributed by atoms with Crippen LogP contribution in [0.4, 0.5) is 4.39 Å². The Morgan fingerprint density at radius 2 is 2.29 bits per heavy atom. The third kappa shape index (κ3) is 1.17. The van der Waals surface area contributed by atoms with Crippen LogP contribution in [0.5, 0.6) is 5.75 Å². The molecule has 1 atom stereocenters. The number of carbonyl (C=O) groups is 1. The molecule has 1 aliphatic rings. The number of carbonyl (C=O) groups excluding carboxylic acids is 1. The van der Waals surface area contributed by atoms with Gasteiger partial charge in [-0.3, -0.25) is 4.79 Å². The molecule has 0 bridgehead atoms. The van der Waals surface area contributed by atoms with E-state index < -0.39 is 5.82 Å². The average molecular weight is 259 g/mol. The van der Waals surface area contributed by atoms with Crippen LogP contribution < -0.4 is 0 Å². The van der Waals surface area contributed by atoms with Crippen LogP contribution in [0.1, 0.15) is 35.2 Å². The van der Waals surface area contributed by atoms with Crippen molar-refractivity contribution in [1.82, 2.24) is 0 Å². The number of benzene rings is 1. The molecule has 0 aromatic heterocycles. The zero-order chi connectivity index (χ0) is 10.5. The van der Waals surface area contributed by atoms with Gasteiger partial charge >= 0.3 is 0 Å². The highest BCUT2D eigenvalue weighted by Gasteiger charge is 2.33. The van der Waals surface area contributed by atoms with Crippen molar-refractivity contribution >= 4 is 21.7 Å². The van der Waals surface area contributed by atoms with Gasteiger partial charge in [0.1, 0.15) is 11.6 Å². The number of phenolic OH excluding ortho intramolecular Hbond substituents is 1. The molecular weight excluding hydrogens is 251 g/mol. The number of ketones is 1. The predicted octanol–water partition coefficient (Wildman–Crippen LogP) is 2.98. The zero-order valence-electron chi connectivity index (χ0n) is 7.47. The molecule has 74 valence electrons. The molecule has 1 aliphatic carbocycles. The Hall–Kier alpha value is -0.900. The molecule has 0 amide bonds. The molecule has 4 heteroatoms. The van der Waals surface area contributed by atoms with Crippen molar-refractivity contribution in [2.24, 2.45) is 0 Å². The van der Waals surface area contributed by atoms with Gasteiger partial charge in [-0.15, -0.1) is 0 Å². The molecular formula is C10H8BrFO2. The van der Waals surface area contributed by atoms with Crippen LogP contribution in [0.3, 0.4) is 0 Å². The van der Waals surface area contributed by atoms with Crippen molar-refractivity contribution in [2.75, 3.05) is 0 Å². The summed E-state index contributed by atoms with van der Waals surface area (Å²) >= 11 is 3.00. The van der Waals surface area contributed by atoms with E-state index in [2.05, 4.69) is 15.9 Å². The molecule has 0 fully saturated rings. The van der Waals surface area contributed by atoms with E-state index in [1.165, 1.54) is 6.07 Å². The molecule has 2 rings (SSSR count). The molecule has 0 radical (unpaired) electrons. The maximum atomic E-state index is 13.5. The highest BCUT2D eigenvalue weighted by atomic mass is 79.9. The van der Waals surface area contributed by atoms with E-state index in [1.807, 2.05) is 0 Å². The van der Waals surface area contributed by atoms with Crippen LogP contribution in [-0.2, 0) is 0 Å². The van der Waals surface area contributed by atoms with Crippen molar-refractivity contribution in [2.45, 2.75) is 19.3 Å². The number of hydrogen-bond donors (Lipinski definition) is 1. The monoisotopic (exact) mass is 258 g/mol. The van der Waals surface area contributed by atoms with Crippen LogP contribution in [0.2, 0.25) is 0 Å². The molecule has 0 saturated heterocycles. The number of phenols is 1. The van der Waals surface area contributed by atoms with Gasteiger partial charge in [-0.2, -0.15) is 0 Å². The predicted molar refractivity (Wildman–Crippen MR) is 53.1 cm³/mol. The Balaban J connectivity index is 2.79. The molecule has 1 aromatic rings. The second-order valence-corrected chi connectivity index (χ2v) is 4.36. The highest BCUT2D eigenvalue weighted by Crippen LogP contribution is 2.42. The summed E-state index contributed by atoms with van der Waals surface area (Å²) in [6.45, 7) is 1.78. The molecule has 0 heterocycles. The van der Waals surface area contributed by atoms with Crippen molar-refractivity contribution in [1.29, 1.82) is 0 Å². The number of hydrogen-bond acceptors (Lipinski definition) is 2. The van der Waals surface area contributed by atoms with Crippen molar-refractivity contribution < 1.29 is 14.3 Å². The quantitative estimate of drug-likeness (QED) is 0.777. The Labute approximate surface area is 88.9 Å². The molecule has 2 nitrogen and oxygen atoms in total. The number of halogens is 2. The summed E-state index contributed by atoms with van der Waals surface area (Å²) in [4.78, 5) is 11.5.